The Morgan fingerprint density at radius 1 is 1.00 bits per heavy atom. The number of alkyl halides is 3. The van der Waals surface area contributed by atoms with E-state index in [1.54, 1.807) is 17.0 Å². The van der Waals surface area contributed by atoms with Gasteiger partial charge in [-0.3, -0.25) is 4.79 Å². The van der Waals surface area contributed by atoms with E-state index in [9.17, 15) is 18.0 Å². The van der Waals surface area contributed by atoms with Crippen LogP contribution in [0.1, 0.15) is 24.5 Å². The highest BCUT2D eigenvalue weighted by atomic mass is 19.4. The number of carbonyl (C=O) groups excluding carboxylic acids is 1. The SMILES string of the molecule is O=C1CCCN1CC(Oc1ccccc1)c1ccc(OC(F)(F)F)cc1. The minimum Gasteiger partial charge on any atom is -0.484 e. The predicted molar refractivity (Wildman–Crippen MR) is 88.8 cm³/mol. The molecular formula is C19H18F3NO3. The molecule has 1 fully saturated rings. The average molecular weight is 365 g/mol. The lowest BCUT2D eigenvalue weighted by Gasteiger charge is -2.25. The minimum absolute atomic E-state index is 0.0590. The largest absolute Gasteiger partial charge is 0.573 e. The van der Waals surface area contributed by atoms with Crippen molar-refractivity contribution in [3.05, 3.63) is 60.2 Å². The van der Waals surface area contributed by atoms with Crippen LogP contribution in [0.25, 0.3) is 0 Å². The molecule has 1 unspecified atom stereocenters. The molecule has 0 spiro atoms. The highest BCUT2D eigenvalue weighted by Gasteiger charge is 2.31. The summed E-state index contributed by atoms with van der Waals surface area (Å²) in [4.78, 5) is 13.6. The molecule has 1 aliphatic rings. The number of hydrogen-bond acceptors (Lipinski definition) is 3. The number of carbonyl (C=O) groups is 1. The maximum absolute atomic E-state index is 12.3. The van der Waals surface area contributed by atoms with Gasteiger partial charge in [0.2, 0.25) is 5.91 Å². The van der Waals surface area contributed by atoms with Crippen molar-refractivity contribution in [3.63, 3.8) is 0 Å². The standard InChI is InChI=1S/C19H18F3NO3/c20-19(21,22)26-16-10-8-14(9-11-16)17(13-23-12-4-7-18(23)24)25-15-5-2-1-3-6-15/h1-3,5-6,8-11,17H,4,7,12-13H2. The third-order valence-electron chi connectivity index (χ3n) is 4.06. The van der Waals surface area contributed by atoms with Gasteiger partial charge in [-0.2, -0.15) is 0 Å². The molecule has 0 N–H and O–H groups in total. The maximum atomic E-state index is 12.3. The fourth-order valence-electron chi connectivity index (χ4n) is 2.86. The predicted octanol–water partition coefficient (Wildman–Crippen LogP) is 4.33. The Morgan fingerprint density at radius 3 is 2.27 bits per heavy atom. The third kappa shape index (κ3) is 4.91. The number of hydrogen-bond donors (Lipinski definition) is 0. The van der Waals surface area contributed by atoms with Gasteiger partial charge in [-0.1, -0.05) is 30.3 Å². The van der Waals surface area contributed by atoms with Crippen LogP contribution >= 0.6 is 0 Å². The van der Waals surface area contributed by atoms with Crippen molar-refractivity contribution < 1.29 is 27.4 Å². The quantitative estimate of drug-likeness (QED) is 0.765. The fourth-order valence-corrected chi connectivity index (χ4v) is 2.86. The van der Waals surface area contributed by atoms with Crippen molar-refractivity contribution >= 4 is 5.91 Å². The minimum atomic E-state index is -4.73. The van der Waals surface area contributed by atoms with Crippen molar-refractivity contribution in [1.29, 1.82) is 0 Å². The van der Waals surface area contributed by atoms with Gasteiger partial charge in [0.25, 0.3) is 0 Å². The number of ether oxygens (including phenoxy) is 2. The summed E-state index contributed by atoms with van der Waals surface area (Å²) in [5.74, 6) is 0.389. The van der Waals surface area contributed by atoms with Gasteiger partial charge in [0.05, 0.1) is 6.54 Å². The molecule has 138 valence electrons. The molecule has 1 amide bonds. The summed E-state index contributed by atoms with van der Waals surface area (Å²) in [5.41, 5.74) is 0.670. The number of benzene rings is 2. The first-order valence-electron chi connectivity index (χ1n) is 8.26. The number of amides is 1. The first-order chi connectivity index (χ1) is 12.4. The number of nitrogens with zero attached hydrogens (tertiary/aromatic N) is 1. The van der Waals surface area contributed by atoms with Gasteiger partial charge in [-0.25, -0.2) is 0 Å². The van der Waals surface area contributed by atoms with Crippen LogP contribution in [-0.2, 0) is 4.79 Å². The monoisotopic (exact) mass is 365 g/mol. The number of likely N-dealkylation sites (tertiary alicyclic amines) is 1. The highest BCUT2D eigenvalue weighted by Crippen LogP contribution is 2.28. The second kappa shape index (κ2) is 7.68. The summed E-state index contributed by atoms with van der Waals surface area (Å²) in [6.45, 7) is 0.996. The van der Waals surface area contributed by atoms with Crippen LogP contribution in [0.4, 0.5) is 13.2 Å². The molecule has 1 heterocycles. The molecule has 7 heteroatoms. The van der Waals surface area contributed by atoms with Crippen LogP contribution in [0.5, 0.6) is 11.5 Å². The van der Waals surface area contributed by atoms with Crippen molar-refractivity contribution in [1.82, 2.24) is 4.90 Å². The fraction of sp³-hybridized carbons (Fsp3) is 0.316. The summed E-state index contributed by atoms with van der Waals surface area (Å²) in [6, 6.07) is 14.6. The van der Waals surface area contributed by atoms with Crippen LogP contribution in [0.2, 0.25) is 0 Å². The molecule has 1 atom stereocenters. The van der Waals surface area contributed by atoms with Crippen LogP contribution < -0.4 is 9.47 Å². The summed E-state index contributed by atoms with van der Waals surface area (Å²) >= 11 is 0. The highest BCUT2D eigenvalue weighted by molar-refractivity contribution is 5.78. The molecule has 2 aromatic rings. The van der Waals surface area contributed by atoms with Crippen molar-refractivity contribution in [2.24, 2.45) is 0 Å². The lowest BCUT2D eigenvalue weighted by molar-refractivity contribution is -0.274. The molecule has 2 aromatic carbocycles. The molecule has 0 aliphatic carbocycles. The number of rotatable bonds is 6. The molecule has 3 rings (SSSR count). The van der Waals surface area contributed by atoms with Gasteiger partial charge in [-0.05, 0) is 36.2 Å². The Hall–Kier alpha value is -2.70. The Labute approximate surface area is 149 Å². The normalized spacial score (nSPS) is 15.8. The van der Waals surface area contributed by atoms with E-state index in [4.69, 9.17) is 4.74 Å². The van der Waals surface area contributed by atoms with E-state index in [0.29, 0.717) is 30.8 Å². The summed E-state index contributed by atoms with van der Waals surface area (Å²) in [7, 11) is 0. The van der Waals surface area contributed by atoms with E-state index < -0.39 is 12.5 Å². The van der Waals surface area contributed by atoms with E-state index >= 15 is 0 Å². The summed E-state index contributed by atoms with van der Waals surface area (Å²) in [6.07, 6.45) is -3.91. The van der Waals surface area contributed by atoms with E-state index in [2.05, 4.69) is 4.74 Å². The second-order valence-electron chi connectivity index (χ2n) is 5.98. The first-order valence-corrected chi connectivity index (χ1v) is 8.26. The van der Waals surface area contributed by atoms with Gasteiger partial charge in [0.15, 0.2) is 0 Å². The summed E-state index contributed by atoms with van der Waals surface area (Å²) in [5, 5.41) is 0. The Bertz CT molecular complexity index is 732. The zero-order valence-electron chi connectivity index (χ0n) is 13.9. The molecule has 0 saturated carbocycles. The molecule has 0 aromatic heterocycles. The first kappa shape index (κ1) is 18.1. The molecule has 4 nitrogen and oxygen atoms in total. The Balaban J connectivity index is 1.78. The molecular weight excluding hydrogens is 347 g/mol. The van der Waals surface area contributed by atoms with E-state index in [0.717, 1.165) is 6.42 Å². The zero-order valence-corrected chi connectivity index (χ0v) is 13.9. The molecule has 0 bridgehead atoms. The van der Waals surface area contributed by atoms with Crippen LogP contribution in [0.3, 0.4) is 0 Å². The Morgan fingerprint density at radius 2 is 1.69 bits per heavy atom. The van der Waals surface area contributed by atoms with Gasteiger partial charge < -0.3 is 14.4 Å². The van der Waals surface area contributed by atoms with Crippen LogP contribution in [-0.4, -0.2) is 30.3 Å². The van der Waals surface area contributed by atoms with Gasteiger partial charge in [0, 0.05) is 13.0 Å². The molecule has 1 saturated heterocycles. The van der Waals surface area contributed by atoms with E-state index in [1.807, 2.05) is 18.2 Å². The number of halogens is 3. The smallest absolute Gasteiger partial charge is 0.484 e. The van der Waals surface area contributed by atoms with Crippen molar-refractivity contribution in [2.45, 2.75) is 25.3 Å². The number of para-hydroxylation sites is 1. The lowest BCUT2D eigenvalue weighted by Crippen LogP contribution is -2.31. The zero-order chi connectivity index (χ0) is 18.6. The van der Waals surface area contributed by atoms with E-state index in [1.165, 1.54) is 24.3 Å². The molecule has 1 aliphatic heterocycles. The van der Waals surface area contributed by atoms with Crippen LogP contribution in [0.15, 0.2) is 54.6 Å². The van der Waals surface area contributed by atoms with Gasteiger partial charge >= 0.3 is 6.36 Å². The maximum Gasteiger partial charge on any atom is 0.573 e. The van der Waals surface area contributed by atoms with Crippen molar-refractivity contribution in [3.8, 4) is 11.5 Å². The Kier molecular flexibility index (Phi) is 5.35. The van der Waals surface area contributed by atoms with Gasteiger partial charge in [0.1, 0.15) is 17.6 Å². The lowest BCUT2D eigenvalue weighted by atomic mass is 10.1. The molecule has 0 radical (unpaired) electrons. The molecule has 26 heavy (non-hydrogen) atoms. The van der Waals surface area contributed by atoms with Crippen molar-refractivity contribution in [2.75, 3.05) is 13.1 Å². The second-order valence-corrected chi connectivity index (χ2v) is 5.98. The topological polar surface area (TPSA) is 38.8 Å². The van der Waals surface area contributed by atoms with Crippen LogP contribution in [0, 0.1) is 0 Å². The van der Waals surface area contributed by atoms with Gasteiger partial charge in [-0.15, -0.1) is 13.2 Å². The van der Waals surface area contributed by atoms with E-state index in [-0.39, 0.29) is 11.7 Å². The third-order valence-corrected chi connectivity index (χ3v) is 4.06. The summed E-state index contributed by atoms with van der Waals surface area (Å²) < 4.78 is 46.8. The average Bonchev–Trinajstić information content (AvgIpc) is 2.99.